The molecule has 23 heavy (non-hydrogen) atoms. The molecule has 0 aliphatic heterocycles. The molecule has 0 spiro atoms. The molecule has 1 nitrogen and oxygen atoms in total. The molecule has 0 unspecified atom stereocenters. The van der Waals surface area contributed by atoms with Gasteiger partial charge in [0, 0.05) is 23.1 Å². The van der Waals surface area contributed by atoms with E-state index in [0.29, 0.717) is 6.61 Å². The Morgan fingerprint density at radius 1 is 0.739 bits per heavy atom. The van der Waals surface area contributed by atoms with Crippen molar-refractivity contribution < 1.29 is 4.74 Å². The van der Waals surface area contributed by atoms with Crippen molar-refractivity contribution in [3.63, 3.8) is 0 Å². The van der Waals surface area contributed by atoms with Gasteiger partial charge in [0.25, 0.3) is 0 Å². The monoisotopic (exact) mass is 302 g/mol. The molecule has 0 atom stereocenters. The van der Waals surface area contributed by atoms with Crippen LogP contribution in [-0.4, -0.2) is 6.61 Å². The van der Waals surface area contributed by atoms with Gasteiger partial charge < -0.3 is 4.74 Å². The van der Waals surface area contributed by atoms with Gasteiger partial charge in [-0.3, -0.25) is 0 Å². The number of rotatable bonds is 4. The van der Waals surface area contributed by atoms with Gasteiger partial charge >= 0.3 is 0 Å². The normalized spacial score (nSPS) is 9.30. The summed E-state index contributed by atoms with van der Waals surface area (Å²) in [6.07, 6.45) is 3.32. The van der Waals surface area contributed by atoms with E-state index in [-0.39, 0.29) is 0 Å². The molecular formula is C22H22O. The molecule has 0 saturated carbocycles. The first-order chi connectivity index (χ1) is 11.3. The van der Waals surface area contributed by atoms with Crippen LogP contribution in [0.1, 0.15) is 49.8 Å². The zero-order chi connectivity index (χ0) is 16.3. The van der Waals surface area contributed by atoms with Gasteiger partial charge in [0.1, 0.15) is 5.75 Å². The van der Waals surface area contributed by atoms with E-state index in [2.05, 4.69) is 30.6 Å². The maximum Gasteiger partial charge on any atom is 0.119 e. The first kappa shape index (κ1) is 16.7. The lowest BCUT2D eigenvalue weighted by Gasteiger charge is -2.01. The lowest BCUT2D eigenvalue weighted by Crippen LogP contribution is -1.90. The van der Waals surface area contributed by atoms with Crippen molar-refractivity contribution >= 4 is 0 Å². The average Bonchev–Trinajstić information content (AvgIpc) is 2.59. The van der Waals surface area contributed by atoms with Crippen LogP contribution >= 0.6 is 0 Å². The molecule has 0 saturated heterocycles. The van der Waals surface area contributed by atoms with Gasteiger partial charge in [-0.05, 0) is 61.9 Å². The molecule has 2 rings (SSSR count). The molecule has 0 heterocycles. The third-order valence-corrected chi connectivity index (χ3v) is 3.29. The molecule has 1 heteroatoms. The molecule has 0 aliphatic carbocycles. The lowest BCUT2D eigenvalue weighted by molar-refractivity contribution is 0.340. The predicted molar refractivity (Wildman–Crippen MR) is 96.4 cm³/mol. The summed E-state index contributed by atoms with van der Waals surface area (Å²) in [5, 5.41) is 0. The smallest absolute Gasteiger partial charge is 0.119 e. The maximum atomic E-state index is 5.42. The predicted octanol–water partition coefficient (Wildman–Crippen LogP) is 5.03. The molecule has 2 aromatic rings. The Kier molecular flexibility index (Phi) is 6.83. The summed E-state index contributed by atoms with van der Waals surface area (Å²) in [6.45, 7) is 4.84. The van der Waals surface area contributed by atoms with E-state index in [1.54, 1.807) is 0 Å². The summed E-state index contributed by atoms with van der Waals surface area (Å²) < 4.78 is 5.42. The summed E-state index contributed by atoms with van der Waals surface area (Å²) >= 11 is 0. The van der Waals surface area contributed by atoms with Crippen LogP contribution in [0.2, 0.25) is 0 Å². The molecule has 0 fully saturated rings. The highest BCUT2D eigenvalue weighted by molar-refractivity contribution is 5.46. The van der Waals surface area contributed by atoms with E-state index in [0.717, 1.165) is 28.9 Å². The van der Waals surface area contributed by atoms with Crippen LogP contribution in [0.3, 0.4) is 0 Å². The molecule has 2 aromatic carbocycles. The molecule has 0 aliphatic rings. The van der Waals surface area contributed by atoms with Gasteiger partial charge in [-0.25, -0.2) is 0 Å². The zero-order valence-corrected chi connectivity index (χ0v) is 13.9. The molecular weight excluding hydrogens is 280 g/mol. The van der Waals surface area contributed by atoms with Gasteiger partial charge in [-0.15, -0.1) is 0 Å². The summed E-state index contributed by atoms with van der Waals surface area (Å²) in [5.74, 6) is 13.6. The fourth-order valence-corrected chi connectivity index (χ4v) is 2.01. The Morgan fingerprint density at radius 3 is 1.78 bits per heavy atom. The topological polar surface area (TPSA) is 9.23 Å². The second-order valence-electron chi connectivity index (χ2n) is 5.19. The molecule has 0 radical (unpaired) electrons. The number of ether oxygens (including phenoxy) is 1. The Hall–Kier alpha value is -2.64. The van der Waals surface area contributed by atoms with E-state index in [4.69, 9.17) is 4.74 Å². The van der Waals surface area contributed by atoms with Crippen molar-refractivity contribution in [3.8, 4) is 29.4 Å². The number of hydrogen-bond acceptors (Lipinski definition) is 1. The fraction of sp³-hybridized carbons (Fsp3) is 0.273. The van der Waals surface area contributed by atoms with Crippen molar-refractivity contribution in [1.29, 1.82) is 0 Å². The van der Waals surface area contributed by atoms with Crippen molar-refractivity contribution in [3.05, 3.63) is 65.2 Å². The van der Waals surface area contributed by atoms with Crippen LogP contribution < -0.4 is 4.74 Å². The van der Waals surface area contributed by atoms with E-state index < -0.39 is 0 Å². The van der Waals surface area contributed by atoms with Crippen LogP contribution in [0.25, 0.3) is 0 Å². The van der Waals surface area contributed by atoms with Crippen molar-refractivity contribution in [2.45, 2.75) is 33.1 Å². The average molecular weight is 302 g/mol. The minimum Gasteiger partial charge on any atom is -0.494 e. The van der Waals surface area contributed by atoms with Gasteiger partial charge in [0.05, 0.1) is 6.61 Å². The van der Waals surface area contributed by atoms with E-state index in [1.807, 2.05) is 55.5 Å². The first-order valence-corrected chi connectivity index (χ1v) is 8.15. The zero-order valence-electron chi connectivity index (χ0n) is 13.9. The Labute approximate surface area is 139 Å². The van der Waals surface area contributed by atoms with Crippen molar-refractivity contribution in [2.24, 2.45) is 0 Å². The summed E-state index contributed by atoms with van der Waals surface area (Å²) in [4.78, 5) is 0. The Bertz CT molecular complexity index is 716. The first-order valence-electron chi connectivity index (χ1n) is 8.15. The van der Waals surface area contributed by atoms with Gasteiger partial charge in [0.15, 0.2) is 0 Å². The summed E-state index contributed by atoms with van der Waals surface area (Å²) in [7, 11) is 0. The third kappa shape index (κ3) is 5.93. The Balaban J connectivity index is 1.99. The highest BCUT2D eigenvalue weighted by Gasteiger charge is 1.92. The highest BCUT2D eigenvalue weighted by atomic mass is 16.5. The van der Waals surface area contributed by atoms with Crippen LogP contribution in [0, 0.1) is 23.7 Å². The van der Waals surface area contributed by atoms with Crippen LogP contribution in [0.15, 0.2) is 48.5 Å². The minimum absolute atomic E-state index is 0.679. The number of benzene rings is 2. The number of unbranched alkanes of at least 4 members (excludes halogenated alkanes) is 2. The van der Waals surface area contributed by atoms with Gasteiger partial charge in [-0.1, -0.05) is 37.0 Å². The molecule has 0 aromatic heterocycles. The van der Waals surface area contributed by atoms with Crippen LogP contribution in [-0.2, 0) is 0 Å². The quantitative estimate of drug-likeness (QED) is 0.569. The van der Waals surface area contributed by atoms with E-state index >= 15 is 0 Å². The molecule has 116 valence electrons. The van der Waals surface area contributed by atoms with E-state index in [9.17, 15) is 0 Å². The molecule has 0 bridgehead atoms. The summed E-state index contributed by atoms with van der Waals surface area (Å²) in [6, 6.07) is 15.9. The fourth-order valence-electron chi connectivity index (χ4n) is 2.01. The van der Waals surface area contributed by atoms with Gasteiger partial charge in [-0.2, -0.15) is 0 Å². The standard InChI is InChI=1S/C22H22O/c1-3-5-6-7-8-19-9-11-20(12-10-19)13-14-21-15-17-22(18-16-21)23-4-2/h9-12,15-18H,3-6H2,1-2H3. The SMILES string of the molecule is CCCCC#Cc1ccc(C#Cc2ccc(OCC)cc2)cc1. The minimum atomic E-state index is 0.679. The number of hydrogen-bond donors (Lipinski definition) is 0. The second kappa shape index (κ2) is 9.39. The second-order valence-corrected chi connectivity index (χ2v) is 5.19. The van der Waals surface area contributed by atoms with Crippen molar-refractivity contribution in [1.82, 2.24) is 0 Å². The van der Waals surface area contributed by atoms with Crippen molar-refractivity contribution in [2.75, 3.05) is 6.61 Å². The van der Waals surface area contributed by atoms with E-state index in [1.165, 1.54) is 12.8 Å². The van der Waals surface area contributed by atoms with Crippen LogP contribution in [0.4, 0.5) is 0 Å². The largest absolute Gasteiger partial charge is 0.494 e. The third-order valence-electron chi connectivity index (χ3n) is 3.29. The summed E-state index contributed by atoms with van der Waals surface area (Å²) in [5.41, 5.74) is 3.03. The highest BCUT2D eigenvalue weighted by Crippen LogP contribution is 2.11. The van der Waals surface area contributed by atoms with Crippen LogP contribution in [0.5, 0.6) is 5.75 Å². The molecule has 0 amide bonds. The lowest BCUT2D eigenvalue weighted by atomic mass is 10.1. The maximum absolute atomic E-state index is 5.42. The molecule has 0 N–H and O–H groups in total. The Morgan fingerprint density at radius 2 is 1.26 bits per heavy atom. The van der Waals surface area contributed by atoms with Gasteiger partial charge in [0.2, 0.25) is 0 Å².